The largest absolute Gasteiger partial charge is 0.457 e. The van der Waals surface area contributed by atoms with Crippen molar-refractivity contribution in [2.24, 2.45) is 0 Å². The molecule has 7 nitrogen and oxygen atoms in total. The molecule has 1 atom stereocenters. The molecule has 0 saturated carbocycles. The quantitative estimate of drug-likeness (QED) is 0.365. The fourth-order valence-corrected chi connectivity index (χ4v) is 4.04. The van der Waals surface area contributed by atoms with Crippen molar-refractivity contribution in [3.05, 3.63) is 85.5 Å². The van der Waals surface area contributed by atoms with E-state index in [1.807, 2.05) is 24.1 Å². The van der Waals surface area contributed by atoms with Gasteiger partial charge < -0.3 is 19.4 Å². The van der Waals surface area contributed by atoms with E-state index in [4.69, 9.17) is 4.74 Å². The van der Waals surface area contributed by atoms with Gasteiger partial charge in [0.25, 0.3) is 0 Å². The number of aromatic nitrogens is 1. The minimum absolute atomic E-state index is 0.138. The predicted octanol–water partition coefficient (Wildman–Crippen LogP) is 4.53. The molecule has 34 heavy (non-hydrogen) atoms. The van der Waals surface area contributed by atoms with Crippen LogP contribution in [0.3, 0.4) is 0 Å². The summed E-state index contributed by atoms with van der Waals surface area (Å²) in [6, 6.07) is 14.9. The second-order valence-corrected chi connectivity index (χ2v) is 7.92. The standard InChI is InChI=1S/C26H25FN4O3/c1-3-26(33)30-14-12-21(17-30)31(18-32)24-11-13-28-16-25(24)29(2)20-7-9-22(10-8-20)34-23-6-4-5-19(27)15-23/h3-11,13,15-16,18,21H,1,12,14,17H2,2H3. The smallest absolute Gasteiger partial charge is 0.246 e. The summed E-state index contributed by atoms with van der Waals surface area (Å²) in [5, 5.41) is 0. The van der Waals surface area contributed by atoms with Crippen molar-refractivity contribution in [3.8, 4) is 11.5 Å². The van der Waals surface area contributed by atoms with E-state index in [-0.39, 0.29) is 17.8 Å². The highest BCUT2D eigenvalue weighted by Gasteiger charge is 2.31. The van der Waals surface area contributed by atoms with Crippen molar-refractivity contribution in [1.29, 1.82) is 0 Å². The number of carbonyl (C=O) groups is 2. The molecule has 2 amide bonds. The number of likely N-dealkylation sites (tertiary alicyclic amines) is 1. The van der Waals surface area contributed by atoms with Gasteiger partial charge >= 0.3 is 0 Å². The van der Waals surface area contributed by atoms with E-state index in [9.17, 15) is 14.0 Å². The van der Waals surface area contributed by atoms with Crippen molar-refractivity contribution < 1.29 is 18.7 Å². The fourth-order valence-electron chi connectivity index (χ4n) is 4.04. The van der Waals surface area contributed by atoms with Crippen molar-refractivity contribution in [1.82, 2.24) is 9.88 Å². The highest BCUT2D eigenvalue weighted by atomic mass is 19.1. The Hall–Kier alpha value is -4.20. The molecule has 0 spiro atoms. The summed E-state index contributed by atoms with van der Waals surface area (Å²) in [7, 11) is 1.88. The van der Waals surface area contributed by atoms with Gasteiger partial charge in [-0.25, -0.2) is 4.39 Å². The molecule has 0 bridgehead atoms. The van der Waals surface area contributed by atoms with Crippen LogP contribution in [-0.4, -0.2) is 48.4 Å². The number of benzene rings is 2. The van der Waals surface area contributed by atoms with Crippen LogP contribution in [0.5, 0.6) is 11.5 Å². The maximum absolute atomic E-state index is 13.4. The van der Waals surface area contributed by atoms with Crippen LogP contribution in [0.15, 0.2) is 79.6 Å². The summed E-state index contributed by atoms with van der Waals surface area (Å²) in [5.74, 6) is 0.484. The lowest BCUT2D eigenvalue weighted by molar-refractivity contribution is -0.125. The molecule has 0 radical (unpaired) electrons. The average Bonchev–Trinajstić information content (AvgIpc) is 3.34. The molecule has 2 aromatic carbocycles. The molecule has 174 valence electrons. The molecule has 1 unspecified atom stereocenters. The Balaban J connectivity index is 1.54. The van der Waals surface area contributed by atoms with Gasteiger partial charge in [0.1, 0.15) is 17.3 Å². The first-order valence-electron chi connectivity index (χ1n) is 10.9. The van der Waals surface area contributed by atoms with Gasteiger partial charge in [0.15, 0.2) is 0 Å². The average molecular weight is 461 g/mol. The van der Waals surface area contributed by atoms with E-state index in [1.165, 1.54) is 18.2 Å². The summed E-state index contributed by atoms with van der Waals surface area (Å²) in [4.78, 5) is 33.6. The van der Waals surface area contributed by atoms with Crippen LogP contribution in [0.25, 0.3) is 0 Å². The third kappa shape index (κ3) is 4.91. The Morgan fingerprint density at radius 3 is 2.68 bits per heavy atom. The lowest BCUT2D eigenvalue weighted by Crippen LogP contribution is -2.38. The fraction of sp³-hybridized carbons (Fsp3) is 0.192. The maximum atomic E-state index is 13.4. The molecule has 3 aromatic rings. The lowest BCUT2D eigenvalue weighted by atomic mass is 10.2. The highest BCUT2D eigenvalue weighted by molar-refractivity contribution is 5.89. The Kier molecular flexibility index (Phi) is 6.87. The van der Waals surface area contributed by atoms with Gasteiger partial charge in [-0.2, -0.15) is 0 Å². The van der Waals surface area contributed by atoms with Crippen molar-refractivity contribution in [2.45, 2.75) is 12.5 Å². The molecule has 1 saturated heterocycles. The second kappa shape index (κ2) is 10.2. The van der Waals surface area contributed by atoms with Gasteiger partial charge in [-0.05, 0) is 55.0 Å². The van der Waals surface area contributed by atoms with Gasteiger partial charge in [-0.1, -0.05) is 12.6 Å². The number of hydrogen-bond donors (Lipinski definition) is 0. The Labute approximate surface area is 197 Å². The molecule has 0 N–H and O–H groups in total. The van der Waals surface area contributed by atoms with Gasteiger partial charge in [0.2, 0.25) is 12.3 Å². The van der Waals surface area contributed by atoms with Crippen LogP contribution in [-0.2, 0) is 9.59 Å². The van der Waals surface area contributed by atoms with Gasteiger partial charge in [0.05, 0.1) is 23.6 Å². The number of amides is 2. The van der Waals surface area contributed by atoms with Crippen LogP contribution in [0.4, 0.5) is 21.5 Å². The number of rotatable bonds is 8. The zero-order valence-electron chi connectivity index (χ0n) is 18.8. The summed E-state index contributed by atoms with van der Waals surface area (Å²) in [6.07, 6.45) is 6.11. The van der Waals surface area contributed by atoms with E-state index < -0.39 is 0 Å². The predicted molar refractivity (Wildman–Crippen MR) is 129 cm³/mol. The van der Waals surface area contributed by atoms with Crippen LogP contribution in [0.2, 0.25) is 0 Å². The van der Waals surface area contributed by atoms with Gasteiger partial charge in [-0.15, -0.1) is 0 Å². The molecular formula is C26H25FN4O3. The number of halogens is 1. The first-order valence-corrected chi connectivity index (χ1v) is 10.9. The molecule has 1 fully saturated rings. The molecule has 1 aliphatic rings. The molecule has 1 aromatic heterocycles. The molecule has 4 rings (SSSR count). The van der Waals surface area contributed by atoms with Crippen LogP contribution in [0, 0.1) is 5.82 Å². The number of anilines is 3. The van der Waals surface area contributed by atoms with Crippen molar-refractivity contribution in [2.75, 3.05) is 29.9 Å². The van der Waals surface area contributed by atoms with Crippen LogP contribution in [0.1, 0.15) is 6.42 Å². The van der Waals surface area contributed by atoms with Crippen LogP contribution < -0.4 is 14.5 Å². The molecule has 8 heteroatoms. The second-order valence-electron chi connectivity index (χ2n) is 7.92. The Bertz CT molecular complexity index is 1180. The van der Waals surface area contributed by atoms with Crippen molar-refractivity contribution >= 4 is 29.4 Å². The molecule has 2 heterocycles. The van der Waals surface area contributed by atoms with Crippen molar-refractivity contribution in [3.63, 3.8) is 0 Å². The summed E-state index contributed by atoms with van der Waals surface area (Å²) in [5.41, 5.74) is 2.29. The lowest BCUT2D eigenvalue weighted by Gasteiger charge is -2.30. The van der Waals surface area contributed by atoms with Gasteiger partial charge in [-0.3, -0.25) is 14.6 Å². The Morgan fingerprint density at radius 2 is 1.97 bits per heavy atom. The van der Waals surface area contributed by atoms with E-state index in [2.05, 4.69) is 11.6 Å². The van der Waals surface area contributed by atoms with E-state index >= 15 is 0 Å². The number of hydrogen-bond acceptors (Lipinski definition) is 5. The van der Waals surface area contributed by atoms with Gasteiger partial charge in [0, 0.05) is 38.1 Å². The maximum Gasteiger partial charge on any atom is 0.246 e. The molecule has 1 aliphatic heterocycles. The zero-order chi connectivity index (χ0) is 24.1. The monoisotopic (exact) mass is 460 g/mol. The highest BCUT2D eigenvalue weighted by Crippen LogP contribution is 2.35. The zero-order valence-corrected chi connectivity index (χ0v) is 18.8. The van der Waals surface area contributed by atoms with E-state index in [0.29, 0.717) is 36.7 Å². The third-order valence-corrected chi connectivity index (χ3v) is 5.83. The topological polar surface area (TPSA) is 66.0 Å². The Morgan fingerprint density at radius 1 is 1.18 bits per heavy atom. The summed E-state index contributed by atoms with van der Waals surface area (Å²) in [6.45, 7) is 4.56. The SMILES string of the molecule is C=CC(=O)N1CCC(N(C=O)c2ccncc2N(C)c2ccc(Oc3cccc(F)c3)cc2)C1. The molecular weight excluding hydrogens is 435 g/mol. The third-order valence-electron chi connectivity index (χ3n) is 5.83. The first-order chi connectivity index (χ1) is 16.5. The first kappa shape index (κ1) is 23.0. The van der Waals surface area contributed by atoms with E-state index in [0.717, 1.165) is 17.8 Å². The number of pyridine rings is 1. The number of nitrogens with zero attached hydrogens (tertiary/aromatic N) is 4. The van der Waals surface area contributed by atoms with E-state index in [1.54, 1.807) is 52.5 Å². The number of ether oxygens (including phenoxy) is 1. The summed E-state index contributed by atoms with van der Waals surface area (Å²) >= 11 is 0. The minimum Gasteiger partial charge on any atom is -0.457 e. The van der Waals surface area contributed by atoms with Crippen LogP contribution >= 0.6 is 0 Å². The normalized spacial score (nSPS) is 15.0. The number of carbonyl (C=O) groups excluding carboxylic acids is 2. The molecule has 0 aliphatic carbocycles. The summed E-state index contributed by atoms with van der Waals surface area (Å²) < 4.78 is 19.1. The minimum atomic E-state index is -0.364.